The van der Waals surface area contributed by atoms with Gasteiger partial charge in [-0.05, 0) is 53.3 Å². The molecule has 0 aliphatic carbocycles. The minimum absolute atomic E-state index is 0.0958. The molecule has 0 atom stereocenters. The van der Waals surface area contributed by atoms with E-state index >= 15 is 0 Å². The first-order chi connectivity index (χ1) is 17.3. The molecule has 0 saturated carbocycles. The highest BCUT2D eigenvalue weighted by Gasteiger charge is 2.21. The summed E-state index contributed by atoms with van der Waals surface area (Å²) in [4.78, 5) is 11.2. The smallest absolute Gasteiger partial charge is 0.341 e. The number of hydrogen-bond acceptors (Lipinski definition) is 4. The molecule has 4 rings (SSSR count). The summed E-state index contributed by atoms with van der Waals surface area (Å²) < 4.78 is 13.3. The van der Waals surface area contributed by atoms with E-state index in [0.717, 1.165) is 40.2 Å². The van der Waals surface area contributed by atoms with E-state index in [9.17, 15) is 9.90 Å². The van der Waals surface area contributed by atoms with Gasteiger partial charge in [0.25, 0.3) is 0 Å². The second-order valence-corrected chi connectivity index (χ2v) is 9.72. The lowest BCUT2D eigenvalue weighted by Gasteiger charge is -2.21. The number of methoxy groups -OCH3 is 1. The lowest BCUT2D eigenvalue weighted by Crippen LogP contribution is -2.13. The molecule has 1 heterocycles. The highest BCUT2D eigenvalue weighted by molar-refractivity contribution is 5.76. The van der Waals surface area contributed by atoms with E-state index in [1.54, 1.807) is 7.11 Å². The Balaban J connectivity index is 1.83. The minimum atomic E-state index is -1.02. The maximum atomic E-state index is 11.2. The second kappa shape index (κ2) is 10.7. The highest BCUT2D eigenvalue weighted by atomic mass is 16.5. The molecule has 0 unspecified atom stereocenters. The Morgan fingerprint density at radius 2 is 1.64 bits per heavy atom. The third-order valence-electron chi connectivity index (χ3n) is 6.09. The molecule has 1 aromatic heterocycles. The van der Waals surface area contributed by atoms with Crippen molar-refractivity contribution >= 4 is 5.97 Å². The zero-order valence-corrected chi connectivity index (χ0v) is 21.2. The van der Waals surface area contributed by atoms with E-state index < -0.39 is 12.6 Å². The number of ether oxygens (including phenoxy) is 2. The lowest BCUT2D eigenvalue weighted by atomic mass is 9.85. The van der Waals surface area contributed by atoms with E-state index in [2.05, 4.69) is 32.9 Å². The van der Waals surface area contributed by atoms with E-state index in [0.29, 0.717) is 12.3 Å². The van der Waals surface area contributed by atoms with E-state index in [1.165, 1.54) is 5.56 Å². The van der Waals surface area contributed by atoms with Gasteiger partial charge in [0, 0.05) is 17.7 Å². The van der Waals surface area contributed by atoms with Crippen molar-refractivity contribution in [2.45, 2.75) is 39.2 Å². The van der Waals surface area contributed by atoms with E-state index in [-0.39, 0.29) is 5.41 Å². The average Bonchev–Trinajstić information content (AvgIpc) is 3.30. The molecule has 36 heavy (non-hydrogen) atoms. The molecule has 186 valence electrons. The maximum absolute atomic E-state index is 11.2. The van der Waals surface area contributed by atoms with Gasteiger partial charge in [-0.1, -0.05) is 69.3 Å². The Labute approximate surface area is 212 Å². The van der Waals surface area contributed by atoms with Crippen molar-refractivity contribution in [2.24, 2.45) is 0 Å². The molecule has 0 fully saturated rings. The average molecular weight is 485 g/mol. The van der Waals surface area contributed by atoms with Gasteiger partial charge < -0.3 is 14.6 Å². The summed E-state index contributed by atoms with van der Waals surface area (Å²) in [5.74, 6) is 0.226. The third kappa shape index (κ3) is 5.77. The van der Waals surface area contributed by atoms with Gasteiger partial charge in [0.15, 0.2) is 6.61 Å². The number of nitrogens with zero attached hydrogens (tertiary/aromatic N) is 2. The quantitative estimate of drug-likeness (QED) is 0.305. The molecule has 0 aliphatic heterocycles. The largest absolute Gasteiger partial charge is 0.496 e. The van der Waals surface area contributed by atoms with Crippen LogP contribution >= 0.6 is 0 Å². The molecule has 6 heteroatoms. The number of para-hydroxylation sites is 1. The molecule has 0 bridgehead atoms. The molecule has 0 saturated heterocycles. The summed E-state index contributed by atoms with van der Waals surface area (Å²) in [5, 5.41) is 14.2. The molecule has 0 amide bonds. The first-order valence-corrected chi connectivity index (χ1v) is 12.0. The molecular weight excluding hydrogens is 452 g/mol. The topological polar surface area (TPSA) is 73.6 Å². The molecule has 6 nitrogen and oxygen atoms in total. The highest BCUT2D eigenvalue weighted by Crippen LogP contribution is 2.38. The molecular formula is C30H32N2O4. The number of hydrogen-bond donors (Lipinski definition) is 1. The summed E-state index contributed by atoms with van der Waals surface area (Å²) in [7, 11) is 1.66. The monoisotopic (exact) mass is 484 g/mol. The van der Waals surface area contributed by atoms with Crippen LogP contribution in [0.3, 0.4) is 0 Å². The molecule has 4 aromatic rings. The van der Waals surface area contributed by atoms with Gasteiger partial charge in [0.1, 0.15) is 11.5 Å². The van der Waals surface area contributed by atoms with E-state index in [4.69, 9.17) is 14.6 Å². The summed E-state index contributed by atoms with van der Waals surface area (Å²) in [5.41, 5.74) is 5.57. The fraction of sp³-hybridized carbons (Fsp3) is 0.267. The Morgan fingerprint density at radius 1 is 0.917 bits per heavy atom. The number of benzene rings is 3. The number of aromatic nitrogens is 2. The van der Waals surface area contributed by atoms with Crippen molar-refractivity contribution in [3.63, 3.8) is 0 Å². The maximum Gasteiger partial charge on any atom is 0.341 e. The van der Waals surface area contributed by atoms with Crippen molar-refractivity contribution in [3.05, 3.63) is 90.0 Å². The molecule has 1 N–H and O–H groups in total. The number of aliphatic carboxylic acids is 1. The molecule has 3 aromatic carbocycles. The summed E-state index contributed by atoms with van der Waals surface area (Å²) in [6.45, 7) is 6.67. The summed E-state index contributed by atoms with van der Waals surface area (Å²) >= 11 is 0. The number of carbonyl (C=O) groups is 1. The van der Waals surface area contributed by atoms with Crippen LogP contribution in [0, 0.1) is 0 Å². The van der Waals surface area contributed by atoms with Gasteiger partial charge in [-0.3, -0.25) is 4.68 Å². The molecule has 0 spiro atoms. The Kier molecular flexibility index (Phi) is 7.44. The lowest BCUT2D eigenvalue weighted by molar-refractivity contribution is -0.139. The number of aryl methyl sites for hydroxylation is 2. The summed E-state index contributed by atoms with van der Waals surface area (Å²) in [6.07, 6.45) is 0.814. The predicted octanol–water partition coefficient (Wildman–Crippen LogP) is 6.23. The number of rotatable bonds is 9. The summed E-state index contributed by atoms with van der Waals surface area (Å²) in [6, 6.07) is 26.1. The van der Waals surface area contributed by atoms with Crippen LogP contribution in [0.5, 0.6) is 11.5 Å². The Morgan fingerprint density at radius 3 is 2.33 bits per heavy atom. The van der Waals surface area contributed by atoms with Crippen LogP contribution in [0.15, 0.2) is 78.9 Å². The van der Waals surface area contributed by atoms with Gasteiger partial charge in [-0.15, -0.1) is 0 Å². The molecule has 0 radical (unpaired) electrons. The van der Waals surface area contributed by atoms with Crippen molar-refractivity contribution < 1.29 is 19.4 Å². The fourth-order valence-electron chi connectivity index (χ4n) is 4.13. The third-order valence-corrected chi connectivity index (χ3v) is 6.09. The van der Waals surface area contributed by atoms with Crippen LogP contribution in [-0.2, 0) is 23.2 Å². The van der Waals surface area contributed by atoms with Crippen LogP contribution < -0.4 is 9.47 Å². The predicted molar refractivity (Wildman–Crippen MR) is 142 cm³/mol. The first kappa shape index (κ1) is 25.0. The van der Waals surface area contributed by atoms with Crippen LogP contribution in [0.25, 0.3) is 22.5 Å². The number of carboxylic acid groups (broad SMARTS) is 1. The Bertz CT molecular complexity index is 1340. The SMILES string of the molecule is COc1ccccc1-c1cc(-c2cc(C(C)(C)C)ccc2OCC(=O)O)nn1CCc1ccccc1. The second-order valence-electron chi connectivity index (χ2n) is 9.72. The fourth-order valence-corrected chi connectivity index (χ4v) is 4.13. The minimum Gasteiger partial charge on any atom is -0.496 e. The van der Waals surface area contributed by atoms with Crippen LogP contribution in [0.2, 0.25) is 0 Å². The number of carboxylic acids is 1. The van der Waals surface area contributed by atoms with E-state index in [1.807, 2.05) is 71.4 Å². The van der Waals surface area contributed by atoms with Crippen LogP contribution in [0.4, 0.5) is 0 Å². The standard InChI is InChI=1S/C30H32N2O4/c1-30(2,3)22-14-15-28(36-20-29(33)34)24(18-22)25-19-26(23-12-8-9-13-27(23)35-4)32(31-25)17-16-21-10-6-5-7-11-21/h5-15,18-19H,16-17,20H2,1-4H3,(H,33,34). The van der Waals surface area contributed by atoms with Crippen molar-refractivity contribution in [1.29, 1.82) is 0 Å². The van der Waals surface area contributed by atoms with Crippen molar-refractivity contribution in [2.75, 3.05) is 13.7 Å². The zero-order chi connectivity index (χ0) is 25.7. The normalized spacial score (nSPS) is 11.3. The first-order valence-electron chi connectivity index (χ1n) is 12.0. The Hall–Kier alpha value is -4.06. The zero-order valence-electron chi connectivity index (χ0n) is 21.2. The van der Waals surface area contributed by atoms with Crippen molar-refractivity contribution in [3.8, 4) is 34.0 Å². The van der Waals surface area contributed by atoms with Gasteiger partial charge in [-0.2, -0.15) is 5.10 Å². The van der Waals surface area contributed by atoms with Crippen molar-refractivity contribution in [1.82, 2.24) is 9.78 Å². The van der Waals surface area contributed by atoms with Gasteiger partial charge >= 0.3 is 5.97 Å². The molecule has 0 aliphatic rings. The van der Waals surface area contributed by atoms with Crippen LogP contribution in [0.1, 0.15) is 31.9 Å². The van der Waals surface area contributed by atoms with Crippen LogP contribution in [-0.4, -0.2) is 34.6 Å². The van der Waals surface area contributed by atoms with Gasteiger partial charge in [0.05, 0.1) is 18.5 Å². The van der Waals surface area contributed by atoms with Gasteiger partial charge in [-0.25, -0.2) is 4.79 Å². The van der Waals surface area contributed by atoms with Gasteiger partial charge in [0.2, 0.25) is 0 Å².